The Morgan fingerprint density at radius 1 is 1.29 bits per heavy atom. The molecule has 0 aliphatic rings. The molecule has 90 valence electrons. The topological polar surface area (TPSA) is 43.8 Å². The zero-order valence-corrected chi connectivity index (χ0v) is 8.99. The Bertz CT molecular complexity index is 543. The van der Waals surface area contributed by atoms with E-state index in [0.29, 0.717) is 11.5 Å². The second-order valence-corrected chi connectivity index (χ2v) is 3.63. The van der Waals surface area contributed by atoms with Gasteiger partial charge in [0.15, 0.2) is 0 Å². The highest BCUT2D eigenvalue weighted by Gasteiger charge is 2.30. The third-order valence-electron chi connectivity index (χ3n) is 2.35. The Morgan fingerprint density at radius 2 is 2.00 bits per heavy atom. The lowest BCUT2D eigenvalue weighted by Gasteiger charge is -2.09. The number of hydrogen-bond acceptors (Lipinski definition) is 2. The van der Waals surface area contributed by atoms with Crippen molar-refractivity contribution in [1.29, 1.82) is 0 Å². The quantitative estimate of drug-likeness (QED) is 0.834. The van der Waals surface area contributed by atoms with E-state index in [4.69, 9.17) is 5.73 Å². The number of rotatable bonds is 1. The van der Waals surface area contributed by atoms with Crippen molar-refractivity contribution in [2.45, 2.75) is 13.1 Å². The zero-order valence-electron chi connectivity index (χ0n) is 8.99. The van der Waals surface area contributed by atoms with Crippen molar-refractivity contribution in [1.82, 2.24) is 9.55 Å². The number of benzene rings is 1. The molecule has 0 fully saturated rings. The van der Waals surface area contributed by atoms with E-state index in [1.807, 2.05) is 0 Å². The molecule has 2 N–H and O–H groups in total. The minimum Gasteiger partial charge on any atom is -0.382 e. The summed E-state index contributed by atoms with van der Waals surface area (Å²) in [5, 5.41) is 0. The van der Waals surface area contributed by atoms with Gasteiger partial charge in [-0.15, -0.1) is 0 Å². The third kappa shape index (κ3) is 2.25. The van der Waals surface area contributed by atoms with Crippen LogP contribution in [0.2, 0.25) is 0 Å². The molecule has 0 spiro atoms. The van der Waals surface area contributed by atoms with Crippen LogP contribution < -0.4 is 5.73 Å². The average molecular weight is 241 g/mol. The van der Waals surface area contributed by atoms with Gasteiger partial charge >= 0.3 is 6.18 Å². The van der Waals surface area contributed by atoms with Gasteiger partial charge in [-0.1, -0.05) is 6.07 Å². The first kappa shape index (κ1) is 11.5. The van der Waals surface area contributed by atoms with Crippen LogP contribution in [0.3, 0.4) is 0 Å². The summed E-state index contributed by atoms with van der Waals surface area (Å²) in [6.07, 6.45) is -2.86. The fraction of sp³-hybridized carbons (Fsp3) is 0.182. The Hall–Kier alpha value is -1.98. The Morgan fingerprint density at radius 3 is 2.53 bits per heavy atom. The molecule has 0 aliphatic carbocycles. The standard InChI is InChI=1S/C11H10F3N3/c1-7-16-10(15)6-17(7)9-4-2-3-8(5-9)11(12,13)14/h2-6H,15H2,1H3. The third-order valence-corrected chi connectivity index (χ3v) is 2.35. The van der Waals surface area contributed by atoms with Gasteiger partial charge in [-0.2, -0.15) is 13.2 Å². The molecule has 1 aromatic heterocycles. The molecule has 17 heavy (non-hydrogen) atoms. The Labute approximate surface area is 95.7 Å². The van der Waals surface area contributed by atoms with Crippen LogP contribution >= 0.6 is 0 Å². The summed E-state index contributed by atoms with van der Waals surface area (Å²) in [6, 6.07) is 5.02. The first-order valence-electron chi connectivity index (χ1n) is 4.87. The van der Waals surface area contributed by atoms with E-state index in [0.717, 1.165) is 12.1 Å². The largest absolute Gasteiger partial charge is 0.416 e. The van der Waals surface area contributed by atoms with Crippen LogP contribution in [-0.4, -0.2) is 9.55 Å². The smallest absolute Gasteiger partial charge is 0.382 e. The molecule has 1 heterocycles. The number of aryl methyl sites for hydroxylation is 1. The van der Waals surface area contributed by atoms with E-state index >= 15 is 0 Å². The molecule has 0 amide bonds. The molecule has 0 atom stereocenters. The minimum atomic E-state index is -4.35. The summed E-state index contributed by atoms with van der Waals surface area (Å²) >= 11 is 0. The van der Waals surface area contributed by atoms with E-state index in [9.17, 15) is 13.2 Å². The van der Waals surface area contributed by atoms with Crippen molar-refractivity contribution < 1.29 is 13.2 Å². The van der Waals surface area contributed by atoms with Gasteiger partial charge in [0, 0.05) is 5.69 Å². The Kier molecular flexibility index (Phi) is 2.57. The van der Waals surface area contributed by atoms with Gasteiger partial charge in [-0.3, -0.25) is 0 Å². The summed E-state index contributed by atoms with van der Waals surface area (Å²) in [4.78, 5) is 3.94. The molecular weight excluding hydrogens is 231 g/mol. The van der Waals surface area contributed by atoms with Crippen molar-refractivity contribution in [2.75, 3.05) is 5.73 Å². The maximum absolute atomic E-state index is 12.5. The maximum atomic E-state index is 12.5. The molecule has 0 radical (unpaired) electrons. The molecule has 0 bridgehead atoms. The lowest BCUT2D eigenvalue weighted by Crippen LogP contribution is -2.06. The van der Waals surface area contributed by atoms with Crippen LogP contribution in [0.25, 0.3) is 5.69 Å². The molecule has 0 aliphatic heterocycles. The minimum absolute atomic E-state index is 0.278. The summed E-state index contributed by atoms with van der Waals surface area (Å²) in [5.74, 6) is 0.821. The predicted molar refractivity (Wildman–Crippen MR) is 57.7 cm³/mol. The normalized spacial score (nSPS) is 11.8. The van der Waals surface area contributed by atoms with Gasteiger partial charge < -0.3 is 10.3 Å². The van der Waals surface area contributed by atoms with Crippen LogP contribution in [0.1, 0.15) is 11.4 Å². The van der Waals surface area contributed by atoms with Crippen molar-refractivity contribution in [2.24, 2.45) is 0 Å². The van der Waals surface area contributed by atoms with Crippen LogP contribution in [0.4, 0.5) is 19.0 Å². The molecule has 2 aromatic rings. The van der Waals surface area contributed by atoms with E-state index in [1.165, 1.54) is 16.8 Å². The molecule has 6 heteroatoms. The number of imidazole rings is 1. The van der Waals surface area contributed by atoms with Crippen LogP contribution in [0, 0.1) is 6.92 Å². The van der Waals surface area contributed by atoms with Crippen LogP contribution in [0.15, 0.2) is 30.5 Å². The molecule has 2 rings (SSSR count). The lowest BCUT2D eigenvalue weighted by molar-refractivity contribution is -0.137. The molecule has 0 saturated heterocycles. The molecule has 0 unspecified atom stereocenters. The monoisotopic (exact) mass is 241 g/mol. The van der Waals surface area contributed by atoms with E-state index < -0.39 is 11.7 Å². The highest BCUT2D eigenvalue weighted by Crippen LogP contribution is 2.30. The van der Waals surface area contributed by atoms with Gasteiger partial charge in [0.05, 0.1) is 11.8 Å². The van der Waals surface area contributed by atoms with E-state index in [1.54, 1.807) is 13.0 Å². The molecular formula is C11H10F3N3. The zero-order chi connectivity index (χ0) is 12.6. The molecule has 1 aromatic carbocycles. The van der Waals surface area contributed by atoms with E-state index in [-0.39, 0.29) is 5.82 Å². The van der Waals surface area contributed by atoms with E-state index in [2.05, 4.69) is 4.98 Å². The fourth-order valence-electron chi connectivity index (χ4n) is 1.59. The van der Waals surface area contributed by atoms with Crippen molar-refractivity contribution >= 4 is 5.82 Å². The fourth-order valence-corrected chi connectivity index (χ4v) is 1.59. The van der Waals surface area contributed by atoms with Gasteiger partial charge in [-0.05, 0) is 25.1 Å². The molecule has 3 nitrogen and oxygen atoms in total. The summed E-state index contributed by atoms with van der Waals surface area (Å²) in [7, 11) is 0. The lowest BCUT2D eigenvalue weighted by atomic mass is 10.2. The summed E-state index contributed by atoms with van der Waals surface area (Å²) < 4.78 is 39.1. The second-order valence-electron chi connectivity index (χ2n) is 3.63. The van der Waals surface area contributed by atoms with Crippen molar-refractivity contribution in [3.63, 3.8) is 0 Å². The summed E-state index contributed by atoms with van der Waals surface area (Å²) in [5.41, 5.74) is 5.18. The highest BCUT2D eigenvalue weighted by atomic mass is 19.4. The maximum Gasteiger partial charge on any atom is 0.416 e. The van der Waals surface area contributed by atoms with Gasteiger partial charge in [-0.25, -0.2) is 4.98 Å². The van der Waals surface area contributed by atoms with Crippen molar-refractivity contribution in [3.8, 4) is 5.69 Å². The van der Waals surface area contributed by atoms with Gasteiger partial charge in [0.2, 0.25) is 0 Å². The van der Waals surface area contributed by atoms with Gasteiger partial charge in [0.1, 0.15) is 11.6 Å². The SMILES string of the molecule is Cc1nc(N)cn1-c1cccc(C(F)(F)F)c1. The van der Waals surface area contributed by atoms with Crippen LogP contribution in [-0.2, 0) is 6.18 Å². The highest BCUT2D eigenvalue weighted by molar-refractivity contribution is 5.41. The summed E-state index contributed by atoms with van der Waals surface area (Å²) in [6.45, 7) is 1.68. The number of hydrogen-bond donors (Lipinski definition) is 1. The second kappa shape index (κ2) is 3.80. The average Bonchev–Trinajstić information content (AvgIpc) is 2.57. The first-order valence-corrected chi connectivity index (χ1v) is 4.87. The number of aromatic nitrogens is 2. The number of halogens is 3. The first-order chi connectivity index (χ1) is 7.88. The van der Waals surface area contributed by atoms with Crippen LogP contribution in [0.5, 0.6) is 0 Å². The predicted octanol–water partition coefficient (Wildman–Crippen LogP) is 2.78. The number of nitrogen functional groups attached to an aromatic ring is 1. The number of nitrogens with zero attached hydrogens (tertiary/aromatic N) is 2. The molecule has 0 saturated carbocycles. The Balaban J connectivity index is 2.50. The number of alkyl halides is 3. The number of anilines is 1. The van der Waals surface area contributed by atoms with Crippen molar-refractivity contribution in [3.05, 3.63) is 41.9 Å². The van der Waals surface area contributed by atoms with Gasteiger partial charge in [0.25, 0.3) is 0 Å². The number of nitrogens with two attached hydrogens (primary N) is 1.